The molecule has 0 radical (unpaired) electrons. The van der Waals surface area contributed by atoms with Gasteiger partial charge >= 0.3 is 0 Å². The Kier molecular flexibility index (Phi) is 4.12. The van der Waals surface area contributed by atoms with E-state index in [-0.39, 0.29) is 12.1 Å². The number of aliphatic hydroxyl groups is 1. The molecule has 1 atom stereocenters. The topological polar surface area (TPSA) is 71.2 Å². The van der Waals surface area contributed by atoms with E-state index < -0.39 is 0 Å². The maximum atomic E-state index is 9.04. The molecule has 16 heavy (non-hydrogen) atoms. The van der Waals surface area contributed by atoms with Gasteiger partial charge in [-0.15, -0.1) is 0 Å². The fourth-order valence-corrected chi connectivity index (χ4v) is 1.53. The van der Waals surface area contributed by atoms with Gasteiger partial charge < -0.3 is 16.2 Å². The summed E-state index contributed by atoms with van der Waals surface area (Å²) in [6, 6.07) is 1.88. The third kappa shape index (κ3) is 2.85. The summed E-state index contributed by atoms with van der Waals surface area (Å²) >= 11 is 0. The zero-order chi connectivity index (χ0) is 12.2. The zero-order valence-corrected chi connectivity index (χ0v) is 10.2. The van der Waals surface area contributed by atoms with Gasteiger partial charge in [0.05, 0.1) is 5.69 Å². The van der Waals surface area contributed by atoms with Crippen LogP contribution in [0.4, 0.5) is 11.5 Å². The molecule has 1 heterocycles. The first-order chi connectivity index (χ1) is 7.52. The predicted octanol–water partition coefficient (Wildman–Crippen LogP) is 1.94. The third-order valence-corrected chi connectivity index (χ3v) is 3.07. The van der Waals surface area contributed by atoms with E-state index in [1.165, 1.54) is 0 Å². The molecule has 0 aliphatic heterocycles. The van der Waals surface area contributed by atoms with Crippen molar-refractivity contribution in [2.75, 3.05) is 17.7 Å². The summed E-state index contributed by atoms with van der Waals surface area (Å²) in [6.07, 6.45) is 3.32. The van der Waals surface area contributed by atoms with Crippen molar-refractivity contribution < 1.29 is 5.11 Å². The standard InChI is InChI=1S/C12H21N3O/c1-4-12(3,6-8-16)15-11-10(13)9(2)5-7-14-11/h5,7,16H,4,6,8,13H2,1-3H3,(H,14,15). The quantitative estimate of drug-likeness (QED) is 0.713. The van der Waals surface area contributed by atoms with E-state index in [0.29, 0.717) is 17.9 Å². The summed E-state index contributed by atoms with van der Waals surface area (Å²) in [4.78, 5) is 4.24. The van der Waals surface area contributed by atoms with Gasteiger partial charge in [0.2, 0.25) is 0 Å². The highest BCUT2D eigenvalue weighted by Crippen LogP contribution is 2.25. The van der Waals surface area contributed by atoms with Crippen LogP contribution in [0.25, 0.3) is 0 Å². The third-order valence-electron chi connectivity index (χ3n) is 3.07. The average Bonchev–Trinajstić information content (AvgIpc) is 2.25. The number of nitrogens with one attached hydrogen (secondary N) is 1. The minimum Gasteiger partial charge on any atom is -0.396 e. The molecule has 0 fully saturated rings. The molecule has 0 amide bonds. The molecule has 0 spiro atoms. The van der Waals surface area contributed by atoms with E-state index in [2.05, 4.69) is 24.1 Å². The first kappa shape index (κ1) is 12.8. The average molecular weight is 223 g/mol. The number of rotatable bonds is 5. The van der Waals surface area contributed by atoms with Crippen LogP contribution < -0.4 is 11.1 Å². The second kappa shape index (κ2) is 5.16. The van der Waals surface area contributed by atoms with E-state index >= 15 is 0 Å². The van der Waals surface area contributed by atoms with Crippen LogP contribution in [0.1, 0.15) is 32.3 Å². The van der Waals surface area contributed by atoms with E-state index in [9.17, 15) is 0 Å². The van der Waals surface area contributed by atoms with Crippen molar-refractivity contribution in [1.82, 2.24) is 4.98 Å². The molecule has 0 saturated carbocycles. The van der Waals surface area contributed by atoms with Crippen LogP contribution in [0.2, 0.25) is 0 Å². The number of aliphatic hydroxyl groups excluding tert-OH is 1. The summed E-state index contributed by atoms with van der Waals surface area (Å²) in [5, 5.41) is 12.4. The molecule has 1 rings (SSSR count). The molecule has 0 aliphatic rings. The molecular weight excluding hydrogens is 202 g/mol. The molecule has 1 aromatic heterocycles. The molecule has 1 aromatic rings. The van der Waals surface area contributed by atoms with Crippen LogP contribution in [0, 0.1) is 6.92 Å². The second-order valence-corrected chi connectivity index (χ2v) is 4.40. The van der Waals surface area contributed by atoms with Gasteiger partial charge in [0.1, 0.15) is 5.82 Å². The Morgan fingerprint density at radius 3 is 2.81 bits per heavy atom. The van der Waals surface area contributed by atoms with Crippen molar-refractivity contribution in [3.05, 3.63) is 17.8 Å². The Balaban J connectivity index is 2.90. The molecule has 4 nitrogen and oxygen atoms in total. The van der Waals surface area contributed by atoms with Crippen LogP contribution in [-0.4, -0.2) is 22.2 Å². The van der Waals surface area contributed by atoms with Gasteiger partial charge in [-0.2, -0.15) is 0 Å². The molecule has 0 saturated heterocycles. The molecular formula is C12H21N3O. The first-order valence-corrected chi connectivity index (χ1v) is 5.62. The van der Waals surface area contributed by atoms with E-state index in [0.717, 1.165) is 12.0 Å². The summed E-state index contributed by atoms with van der Waals surface area (Å²) in [6.45, 7) is 6.25. The molecule has 90 valence electrons. The SMILES string of the molecule is CCC(C)(CCO)Nc1nccc(C)c1N. The zero-order valence-electron chi connectivity index (χ0n) is 10.2. The molecule has 1 unspecified atom stereocenters. The van der Waals surface area contributed by atoms with Gasteiger partial charge in [-0.1, -0.05) is 6.92 Å². The lowest BCUT2D eigenvalue weighted by atomic mass is 9.95. The number of hydrogen-bond acceptors (Lipinski definition) is 4. The van der Waals surface area contributed by atoms with Crippen LogP contribution in [0.15, 0.2) is 12.3 Å². The Morgan fingerprint density at radius 2 is 2.25 bits per heavy atom. The monoisotopic (exact) mass is 223 g/mol. The Morgan fingerprint density at radius 1 is 1.56 bits per heavy atom. The predicted molar refractivity (Wildman–Crippen MR) is 67.4 cm³/mol. The van der Waals surface area contributed by atoms with E-state index in [1.807, 2.05) is 13.0 Å². The number of nitrogens with two attached hydrogens (primary N) is 1. The largest absolute Gasteiger partial charge is 0.396 e. The Bertz CT molecular complexity index is 354. The molecule has 0 bridgehead atoms. The summed E-state index contributed by atoms with van der Waals surface area (Å²) < 4.78 is 0. The first-order valence-electron chi connectivity index (χ1n) is 5.62. The van der Waals surface area contributed by atoms with Crippen LogP contribution >= 0.6 is 0 Å². The van der Waals surface area contributed by atoms with Gasteiger partial charge in [-0.25, -0.2) is 4.98 Å². The maximum Gasteiger partial charge on any atom is 0.149 e. The fourth-order valence-electron chi connectivity index (χ4n) is 1.53. The van der Waals surface area contributed by atoms with Gasteiger partial charge in [-0.3, -0.25) is 0 Å². The number of nitrogens with zero attached hydrogens (tertiary/aromatic N) is 1. The van der Waals surface area contributed by atoms with Gasteiger partial charge in [0, 0.05) is 18.3 Å². The fraction of sp³-hybridized carbons (Fsp3) is 0.583. The number of nitrogen functional groups attached to an aromatic ring is 1. The van der Waals surface area contributed by atoms with Crippen molar-refractivity contribution in [1.29, 1.82) is 0 Å². The summed E-state index contributed by atoms with van der Waals surface area (Å²) in [7, 11) is 0. The van der Waals surface area contributed by atoms with Crippen molar-refractivity contribution in [2.45, 2.75) is 39.2 Å². The smallest absolute Gasteiger partial charge is 0.149 e. The van der Waals surface area contributed by atoms with E-state index in [1.54, 1.807) is 6.20 Å². The van der Waals surface area contributed by atoms with Crippen molar-refractivity contribution in [2.24, 2.45) is 0 Å². The molecule has 4 N–H and O–H groups in total. The minimum atomic E-state index is -0.163. The molecule has 0 aliphatic carbocycles. The second-order valence-electron chi connectivity index (χ2n) is 4.40. The lowest BCUT2D eigenvalue weighted by Gasteiger charge is -2.30. The normalized spacial score (nSPS) is 14.5. The lowest BCUT2D eigenvalue weighted by Crippen LogP contribution is -2.35. The highest BCUT2D eigenvalue weighted by molar-refractivity contribution is 5.65. The van der Waals surface area contributed by atoms with Crippen LogP contribution in [0.5, 0.6) is 0 Å². The number of hydrogen-bond donors (Lipinski definition) is 3. The Labute approximate surface area is 96.9 Å². The number of aromatic nitrogens is 1. The van der Waals surface area contributed by atoms with Crippen molar-refractivity contribution in [3.63, 3.8) is 0 Å². The highest BCUT2D eigenvalue weighted by Gasteiger charge is 2.22. The van der Waals surface area contributed by atoms with Crippen molar-refractivity contribution in [3.8, 4) is 0 Å². The Hall–Kier alpha value is -1.29. The van der Waals surface area contributed by atoms with Crippen molar-refractivity contribution >= 4 is 11.5 Å². The van der Waals surface area contributed by atoms with E-state index in [4.69, 9.17) is 10.8 Å². The summed E-state index contributed by atoms with van der Waals surface area (Å²) in [5.74, 6) is 0.706. The lowest BCUT2D eigenvalue weighted by molar-refractivity contribution is 0.252. The maximum absolute atomic E-state index is 9.04. The number of pyridine rings is 1. The number of anilines is 2. The molecule has 4 heteroatoms. The summed E-state index contributed by atoms with van der Waals surface area (Å²) in [5.41, 5.74) is 7.48. The van der Waals surface area contributed by atoms with Gasteiger partial charge in [0.25, 0.3) is 0 Å². The van der Waals surface area contributed by atoms with Crippen LogP contribution in [-0.2, 0) is 0 Å². The van der Waals surface area contributed by atoms with Crippen LogP contribution in [0.3, 0.4) is 0 Å². The minimum absolute atomic E-state index is 0.156. The van der Waals surface area contributed by atoms with Gasteiger partial charge in [-0.05, 0) is 38.3 Å². The number of aryl methyl sites for hydroxylation is 1. The molecule has 0 aromatic carbocycles. The van der Waals surface area contributed by atoms with Gasteiger partial charge in [0.15, 0.2) is 0 Å². The highest BCUT2D eigenvalue weighted by atomic mass is 16.3.